The van der Waals surface area contributed by atoms with Crippen LogP contribution in [0, 0.1) is 6.08 Å². The first-order chi connectivity index (χ1) is 18.4. The van der Waals surface area contributed by atoms with E-state index in [1.165, 1.54) is 30.3 Å². The Morgan fingerprint density at radius 2 is 1.54 bits per heavy atom. The van der Waals surface area contributed by atoms with Crippen molar-refractivity contribution in [2.75, 3.05) is 23.8 Å². The van der Waals surface area contributed by atoms with Crippen LogP contribution in [0.15, 0.2) is 68.6 Å². The SMILES string of the molecule is O=S(=O)([O-])c1ccccc1N=Nc1c(S(=O)(=O)[O-])cc2cc(Nc3nc(F)nc(NCCO)n3)ccc2c1O.[Na+].[Na+]. The molecule has 0 saturated heterocycles. The number of phenols is 1. The molecule has 4 aromatic rings. The Balaban J connectivity index is 0.00000294. The van der Waals surface area contributed by atoms with Crippen LogP contribution in [-0.2, 0) is 20.2 Å². The predicted octanol–water partition coefficient (Wildman–Crippen LogP) is -3.75. The number of azo groups is 1. The number of nitrogens with zero attached hydrogens (tertiary/aromatic N) is 5. The van der Waals surface area contributed by atoms with Gasteiger partial charge in [0, 0.05) is 17.6 Å². The number of benzene rings is 3. The number of nitrogens with one attached hydrogen (secondary N) is 2. The smallest absolute Gasteiger partial charge is 0.744 e. The normalized spacial score (nSPS) is 11.6. The van der Waals surface area contributed by atoms with Crippen LogP contribution in [-0.4, -0.2) is 64.3 Å². The van der Waals surface area contributed by atoms with Gasteiger partial charge in [0.15, 0.2) is 5.75 Å². The first-order valence-corrected chi connectivity index (χ1v) is 13.4. The van der Waals surface area contributed by atoms with Crippen LogP contribution in [0.5, 0.6) is 5.75 Å². The van der Waals surface area contributed by atoms with E-state index in [0.29, 0.717) is 0 Å². The molecule has 41 heavy (non-hydrogen) atoms. The van der Waals surface area contributed by atoms with E-state index in [1.807, 2.05) is 0 Å². The number of hydrogen-bond donors (Lipinski definition) is 4. The molecule has 0 aliphatic carbocycles. The molecule has 15 nitrogen and oxygen atoms in total. The molecule has 0 fully saturated rings. The van der Waals surface area contributed by atoms with Gasteiger partial charge in [-0.15, -0.1) is 10.2 Å². The second-order valence-corrected chi connectivity index (χ2v) is 10.3. The molecule has 4 N–H and O–H groups in total. The van der Waals surface area contributed by atoms with Crippen molar-refractivity contribution in [1.82, 2.24) is 15.0 Å². The van der Waals surface area contributed by atoms with Crippen molar-refractivity contribution in [3.05, 3.63) is 54.6 Å². The Morgan fingerprint density at radius 1 is 0.878 bits per heavy atom. The zero-order valence-corrected chi connectivity index (χ0v) is 26.9. The van der Waals surface area contributed by atoms with Crippen molar-refractivity contribution in [3.63, 3.8) is 0 Å². The van der Waals surface area contributed by atoms with Gasteiger partial charge in [-0.3, -0.25) is 0 Å². The maximum absolute atomic E-state index is 13.8. The van der Waals surface area contributed by atoms with Crippen LogP contribution in [0.2, 0.25) is 0 Å². The van der Waals surface area contributed by atoms with Gasteiger partial charge in [0.2, 0.25) is 11.9 Å². The van der Waals surface area contributed by atoms with Crippen molar-refractivity contribution >= 4 is 60.0 Å². The summed E-state index contributed by atoms with van der Waals surface area (Å²) < 4.78 is 84.2. The van der Waals surface area contributed by atoms with Gasteiger partial charge < -0.3 is 30.0 Å². The number of aliphatic hydroxyl groups excluding tert-OH is 1. The molecule has 0 unspecified atom stereocenters. The largest absolute Gasteiger partial charge is 1.00 e. The minimum absolute atomic E-state index is 0. The van der Waals surface area contributed by atoms with Gasteiger partial charge in [-0.2, -0.15) is 19.3 Å². The first kappa shape index (κ1) is 34.8. The van der Waals surface area contributed by atoms with Crippen LogP contribution in [0.25, 0.3) is 10.8 Å². The van der Waals surface area contributed by atoms with Crippen LogP contribution in [0.1, 0.15) is 0 Å². The standard InChI is InChI=1S/C21H18FN7O8S2.2Na/c22-19-25-20(23-7-8-30)27-21(26-19)24-12-5-6-13-11(9-12)10-16(39(35,36)37)17(18(13)31)29-28-14-3-1-2-4-15(14)38(32,33)34;;/h1-6,9-10,30-31H,7-8H2,(H,32,33,34)(H,35,36,37)(H2,23,24,25,26,27);;/q;2*+1/p-2. The Labute approximate surface area is 276 Å². The molecular weight excluding hydrogens is 607 g/mol. The number of fused-ring (bicyclic) bond motifs is 1. The number of hydrogen-bond acceptors (Lipinski definition) is 15. The fourth-order valence-corrected chi connectivity index (χ4v) is 4.61. The molecule has 0 spiro atoms. The van der Waals surface area contributed by atoms with Crippen molar-refractivity contribution in [3.8, 4) is 5.75 Å². The molecule has 0 atom stereocenters. The number of rotatable bonds is 9. The van der Waals surface area contributed by atoms with E-state index in [2.05, 4.69) is 35.8 Å². The van der Waals surface area contributed by atoms with E-state index in [-0.39, 0.29) is 101 Å². The van der Waals surface area contributed by atoms with Gasteiger partial charge in [0.1, 0.15) is 31.6 Å². The van der Waals surface area contributed by atoms with Crippen LogP contribution in [0.3, 0.4) is 0 Å². The number of aromatic hydroxyl groups is 1. The average Bonchev–Trinajstić information content (AvgIpc) is 2.85. The molecule has 1 heterocycles. The molecule has 0 aliphatic rings. The third kappa shape index (κ3) is 8.58. The van der Waals surface area contributed by atoms with Gasteiger partial charge in [0.25, 0.3) is 0 Å². The molecule has 3 aromatic carbocycles. The first-order valence-electron chi connectivity index (χ1n) is 10.6. The molecule has 0 radical (unpaired) electrons. The Kier molecular flexibility index (Phi) is 12.1. The number of phenolic OH excluding ortho intramolecular Hbond substituents is 1. The monoisotopic (exact) mass is 623 g/mol. The summed E-state index contributed by atoms with van der Waals surface area (Å²) in [5.41, 5.74) is -1.03. The average molecular weight is 624 g/mol. The summed E-state index contributed by atoms with van der Waals surface area (Å²) in [6.07, 6.45) is -1.13. The summed E-state index contributed by atoms with van der Waals surface area (Å²) in [5, 5.41) is 32.1. The summed E-state index contributed by atoms with van der Waals surface area (Å²) in [6, 6.07) is 9.57. The van der Waals surface area contributed by atoms with Crippen LogP contribution in [0.4, 0.5) is 33.3 Å². The number of aromatic nitrogens is 3. The third-order valence-corrected chi connectivity index (χ3v) is 6.71. The second-order valence-electron chi connectivity index (χ2n) is 7.61. The molecule has 204 valence electrons. The van der Waals surface area contributed by atoms with Crippen molar-refractivity contribution in [2.24, 2.45) is 10.2 Å². The number of aliphatic hydroxyl groups is 1. The summed E-state index contributed by atoms with van der Waals surface area (Å²) in [6.45, 7) is -0.219. The zero-order valence-electron chi connectivity index (χ0n) is 21.3. The minimum atomic E-state index is -5.26. The van der Waals surface area contributed by atoms with Crippen molar-refractivity contribution in [1.29, 1.82) is 0 Å². The van der Waals surface area contributed by atoms with Crippen molar-refractivity contribution < 1.29 is 99.7 Å². The summed E-state index contributed by atoms with van der Waals surface area (Å²) in [5.74, 6) is -1.19. The Hall–Kier alpha value is -2.36. The zero-order chi connectivity index (χ0) is 28.4. The summed E-state index contributed by atoms with van der Waals surface area (Å²) >= 11 is 0. The van der Waals surface area contributed by atoms with E-state index < -0.39 is 53.2 Å². The van der Waals surface area contributed by atoms with Gasteiger partial charge in [-0.1, -0.05) is 12.1 Å². The van der Waals surface area contributed by atoms with Crippen molar-refractivity contribution in [2.45, 2.75) is 9.79 Å². The Bertz CT molecular complexity index is 1830. The molecule has 1 aromatic heterocycles. The summed E-state index contributed by atoms with van der Waals surface area (Å²) in [7, 11) is -10.2. The van der Waals surface area contributed by atoms with Gasteiger partial charge in [0.05, 0.1) is 16.4 Å². The second kappa shape index (κ2) is 14.2. The quantitative estimate of drug-likeness (QED) is 0.0797. The molecule has 0 aliphatic heterocycles. The fourth-order valence-electron chi connectivity index (χ4n) is 3.35. The maximum atomic E-state index is 13.8. The third-order valence-electron chi connectivity index (χ3n) is 4.97. The molecule has 0 saturated carbocycles. The Morgan fingerprint density at radius 3 is 2.20 bits per heavy atom. The molecular formula is C21H16FN7Na2O8S2. The van der Waals surface area contributed by atoms with Crippen LogP contribution >= 0.6 is 0 Å². The fraction of sp³-hybridized carbons (Fsp3) is 0.0952. The molecule has 4 rings (SSSR count). The number of halogens is 1. The van der Waals surface area contributed by atoms with E-state index in [9.17, 15) is 35.4 Å². The van der Waals surface area contributed by atoms with Gasteiger partial charge in [-0.05, 0) is 41.8 Å². The van der Waals surface area contributed by atoms with Gasteiger partial charge >= 0.3 is 65.2 Å². The van der Waals surface area contributed by atoms with E-state index >= 15 is 0 Å². The molecule has 20 heteroatoms. The molecule has 0 amide bonds. The van der Waals surface area contributed by atoms with Gasteiger partial charge in [-0.25, -0.2) is 16.8 Å². The topological polar surface area (TPSA) is 242 Å². The predicted molar refractivity (Wildman–Crippen MR) is 131 cm³/mol. The van der Waals surface area contributed by atoms with E-state index in [0.717, 1.165) is 18.2 Å². The van der Waals surface area contributed by atoms with E-state index in [4.69, 9.17) is 5.11 Å². The van der Waals surface area contributed by atoms with Crippen LogP contribution < -0.4 is 69.7 Å². The number of anilines is 3. The minimum Gasteiger partial charge on any atom is -0.744 e. The summed E-state index contributed by atoms with van der Waals surface area (Å²) in [4.78, 5) is 9.11. The molecule has 0 bridgehead atoms. The maximum Gasteiger partial charge on any atom is 1.00 e. The van der Waals surface area contributed by atoms with E-state index in [1.54, 1.807) is 0 Å².